The van der Waals surface area contributed by atoms with Crippen molar-refractivity contribution in [2.75, 3.05) is 12.4 Å². The lowest BCUT2D eigenvalue weighted by Crippen LogP contribution is -2.20. The predicted molar refractivity (Wildman–Crippen MR) is 70.5 cm³/mol. The maximum Gasteiger partial charge on any atom is 0.222 e. The van der Waals surface area contributed by atoms with Gasteiger partial charge in [-0.15, -0.1) is 0 Å². The molecule has 1 aromatic heterocycles. The number of hydrogen-bond donors (Lipinski definition) is 1. The largest absolute Gasteiger partial charge is 0.474 e. The van der Waals surface area contributed by atoms with Crippen LogP contribution in [0.25, 0.3) is 0 Å². The van der Waals surface area contributed by atoms with E-state index in [2.05, 4.69) is 43.0 Å². The summed E-state index contributed by atoms with van der Waals surface area (Å²) in [5.74, 6) is 2.05. The van der Waals surface area contributed by atoms with E-state index in [-0.39, 0.29) is 6.10 Å². The molecule has 4 heteroatoms. The van der Waals surface area contributed by atoms with Gasteiger partial charge in [-0.25, -0.2) is 9.97 Å². The molecule has 1 unspecified atom stereocenters. The van der Waals surface area contributed by atoms with Crippen LogP contribution < -0.4 is 10.1 Å². The third-order valence-electron chi connectivity index (χ3n) is 2.88. The summed E-state index contributed by atoms with van der Waals surface area (Å²) in [5, 5.41) is 3.09. The van der Waals surface area contributed by atoms with Crippen molar-refractivity contribution >= 4 is 5.82 Å². The second-order valence-corrected chi connectivity index (χ2v) is 4.57. The molecule has 0 aliphatic carbocycles. The predicted octanol–water partition coefficient (Wildman–Crippen LogP) is 2.89. The van der Waals surface area contributed by atoms with E-state index in [0.29, 0.717) is 11.8 Å². The van der Waals surface area contributed by atoms with Gasteiger partial charge in [-0.3, -0.25) is 0 Å². The first-order chi connectivity index (χ1) is 8.10. The van der Waals surface area contributed by atoms with Gasteiger partial charge in [0.05, 0.1) is 11.7 Å². The zero-order valence-corrected chi connectivity index (χ0v) is 11.4. The summed E-state index contributed by atoms with van der Waals surface area (Å²) in [6.07, 6.45) is 3.68. The zero-order valence-electron chi connectivity index (χ0n) is 11.4. The van der Waals surface area contributed by atoms with Gasteiger partial charge in [0.1, 0.15) is 12.1 Å². The summed E-state index contributed by atoms with van der Waals surface area (Å²) in [7, 11) is 1.87. The van der Waals surface area contributed by atoms with E-state index in [0.717, 1.165) is 24.2 Å². The molecule has 0 radical (unpaired) electrons. The first kappa shape index (κ1) is 13.7. The number of ether oxygens (including phenoxy) is 1. The summed E-state index contributed by atoms with van der Waals surface area (Å²) in [5.41, 5.74) is 1.07. The minimum atomic E-state index is 0.158. The molecule has 1 rings (SSSR count). The zero-order chi connectivity index (χ0) is 12.8. The van der Waals surface area contributed by atoms with Crippen molar-refractivity contribution in [1.29, 1.82) is 0 Å². The number of hydrogen-bond acceptors (Lipinski definition) is 4. The molecule has 17 heavy (non-hydrogen) atoms. The van der Waals surface area contributed by atoms with E-state index in [1.54, 1.807) is 6.33 Å². The van der Waals surface area contributed by atoms with E-state index in [1.165, 1.54) is 0 Å². The topological polar surface area (TPSA) is 47.0 Å². The normalized spacial score (nSPS) is 12.6. The monoisotopic (exact) mass is 237 g/mol. The van der Waals surface area contributed by atoms with Crippen molar-refractivity contribution in [3.8, 4) is 5.88 Å². The maximum atomic E-state index is 5.91. The van der Waals surface area contributed by atoms with Crippen LogP contribution in [0.3, 0.4) is 0 Å². The fourth-order valence-corrected chi connectivity index (χ4v) is 1.50. The number of nitrogens with one attached hydrogen (secondary N) is 1. The third kappa shape index (κ3) is 3.58. The molecule has 0 bridgehead atoms. The SMILES string of the molecule is CCCc1c(NC)ncnc1OC(C)C(C)C. The van der Waals surface area contributed by atoms with Gasteiger partial charge in [0, 0.05) is 7.05 Å². The van der Waals surface area contributed by atoms with E-state index in [9.17, 15) is 0 Å². The van der Waals surface area contributed by atoms with Crippen molar-refractivity contribution in [1.82, 2.24) is 9.97 Å². The van der Waals surface area contributed by atoms with Gasteiger partial charge in [0.25, 0.3) is 0 Å². The Morgan fingerprint density at radius 1 is 1.29 bits per heavy atom. The van der Waals surface area contributed by atoms with Crippen molar-refractivity contribution in [3.05, 3.63) is 11.9 Å². The molecule has 1 aromatic rings. The molecule has 0 saturated carbocycles. The Kier molecular flexibility index (Phi) is 5.19. The van der Waals surface area contributed by atoms with E-state index in [4.69, 9.17) is 4.74 Å². The molecule has 96 valence electrons. The van der Waals surface area contributed by atoms with Crippen molar-refractivity contribution in [3.63, 3.8) is 0 Å². The second-order valence-electron chi connectivity index (χ2n) is 4.57. The van der Waals surface area contributed by atoms with Crippen molar-refractivity contribution in [2.24, 2.45) is 5.92 Å². The van der Waals surface area contributed by atoms with Crippen LogP contribution in [0.4, 0.5) is 5.82 Å². The summed E-state index contributed by atoms with van der Waals surface area (Å²) in [6, 6.07) is 0. The molecule has 0 saturated heterocycles. The lowest BCUT2D eigenvalue weighted by molar-refractivity contribution is 0.161. The summed E-state index contributed by atoms with van der Waals surface area (Å²) in [6.45, 7) is 8.50. The lowest BCUT2D eigenvalue weighted by Gasteiger charge is -2.20. The molecule has 4 nitrogen and oxygen atoms in total. The van der Waals surface area contributed by atoms with Gasteiger partial charge in [-0.2, -0.15) is 0 Å². The molecule has 0 spiro atoms. The molecule has 0 aliphatic heterocycles. The molecular formula is C13H23N3O. The highest BCUT2D eigenvalue weighted by molar-refractivity contribution is 5.48. The molecule has 1 heterocycles. The minimum absolute atomic E-state index is 0.158. The van der Waals surface area contributed by atoms with Crippen LogP contribution in [0.5, 0.6) is 5.88 Å². The molecule has 1 atom stereocenters. The maximum absolute atomic E-state index is 5.91. The van der Waals surface area contributed by atoms with Gasteiger partial charge in [-0.05, 0) is 19.3 Å². The van der Waals surface area contributed by atoms with Gasteiger partial charge in [0.2, 0.25) is 5.88 Å². The van der Waals surface area contributed by atoms with E-state index in [1.807, 2.05) is 7.05 Å². The standard InChI is InChI=1S/C13H23N3O/c1-6-7-11-12(14-5)15-8-16-13(11)17-10(4)9(2)3/h8-10H,6-7H2,1-5H3,(H,14,15,16). The highest BCUT2D eigenvalue weighted by Crippen LogP contribution is 2.25. The average molecular weight is 237 g/mol. The summed E-state index contributed by atoms with van der Waals surface area (Å²) >= 11 is 0. The van der Waals surface area contributed by atoms with Crippen molar-refractivity contribution in [2.45, 2.75) is 46.6 Å². The molecule has 0 aliphatic rings. The Hall–Kier alpha value is -1.32. The molecule has 1 N–H and O–H groups in total. The highest BCUT2D eigenvalue weighted by atomic mass is 16.5. The summed E-state index contributed by atoms with van der Waals surface area (Å²) < 4.78 is 5.91. The molecular weight excluding hydrogens is 214 g/mol. The first-order valence-electron chi connectivity index (χ1n) is 6.28. The number of rotatable bonds is 6. The van der Waals surface area contributed by atoms with E-state index >= 15 is 0 Å². The minimum Gasteiger partial charge on any atom is -0.474 e. The highest BCUT2D eigenvalue weighted by Gasteiger charge is 2.15. The Balaban J connectivity index is 2.97. The smallest absolute Gasteiger partial charge is 0.222 e. The number of aromatic nitrogens is 2. The first-order valence-corrected chi connectivity index (χ1v) is 6.28. The Labute approximate surface area is 104 Å². The van der Waals surface area contributed by atoms with Crippen LogP contribution in [-0.2, 0) is 6.42 Å². The fourth-order valence-electron chi connectivity index (χ4n) is 1.50. The molecule has 0 amide bonds. The van der Waals surface area contributed by atoms with Crippen LogP contribution in [0, 0.1) is 5.92 Å². The van der Waals surface area contributed by atoms with Crippen LogP contribution in [0.15, 0.2) is 6.33 Å². The Morgan fingerprint density at radius 3 is 2.53 bits per heavy atom. The average Bonchev–Trinajstić information content (AvgIpc) is 2.31. The summed E-state index contributed by atoms with van der Waals surface area (Å²) in [4.78, 5) is 8.48. The van der Waals surface area contributed by atoms with Crippen LogP contribution in [-0.4, -0.2) is 23.1 Å². The van der Waals surface area contributed by atoms with Gasteiger partial charge < -0.3 is 10.1 Å². The van der Waals surface area contributed by atoms with Crippen LogP contribution in [0.1, 0.15) is 39.7 Å². The fraction of sp³-hybridized carbons (Fsp3) is 0.692. The van der Waals surface area contributed by atoms with Crippen LogP contribution in [0.2, 0.25) is 0 Å². The van der Waals surface area contributed by atoms with Gasteiger partial charge in [0.15, 0.2) is 0 Å². The molecule has 0 aromatic carbocycles. The number of nitrogens with zero attached hydrogens (tertiary/aromatic N) is 2. The number of anilines is 1. The van der Waals surface area contributed by atoms with Crippen LogP contribution >= 0.6 is 0 Å². The van der Waals surface area contributed by atoms with Gasteiger partial charge >= 0.3 is 0 Å². The Bertz CT molecular complexity index is 353. The Morgan fingerprint density at radius 2 is 2.00 bits per heavy atom. The van der Waals surface area contributed by atoms with Crippen molar-refractivity contribution < 1.29 is 4.74 Å². The lowest BCUT2D eigenvalue weighted by atomic mass is 10.1. The quantitative estimate of drug-likeness (QED) is 0.826. The molecule has 0 fully saturated rings. The third-order valence-corrected chi connectivity index (χ3v) is 2.88. The second kappa shape index (κ2) is 6.42. The van der Waals surface area contributed by atoms with Gasteiger partial charge in [-0.1, -0.05) is 27.2 Å². The van der Waals surface area contributed by atoms with E-state index < -0.39 is 0 Å².